The molecule has 0 saturated carbocycles. The molecule has 29 heavy (non-hydrogen) atoms. The lowest BCUT2D eigenvalue weighted by atomic mass is 10.1. The van der Waals surface area contributed by atoms with Crippen molar-refractivity contribution in [3.8, 4) is 11.4 Å². The number of halogens is 1. The van der Waals surface area contributed by atoms with Crippen LogP contribution in [0.1, 0.15) is 11.3 Å². The van der Waals surface area contributed by atoms with E-state index in [0.29, 0.717) is 18.8 Å². The quantitative estimate of drug-likeness (QED) is 0.623. The number of carboxylic acids is 1. The van der Waals surface area contributed by atoms with Crippen LogP contribution in [0.3, 0.4) is 0 Å². The van der Waals surface area contributed by atoms with Crippen LogP contribution < -0.4 is 0 Å². The van der Waals surface area contributed by atoms with E-state index in [1.165, 1.54) is 16.0 Å². The summed E-state index contributed by atoms with van der Waals surface area (Å²) in [5, 5.41) is 23.1. The van der Waals surface area contributed by atoms with Gasteiger partial charge in [0.1, 0.15) is 5.70 Å². The Hall–Kier alpha value is -3.04. The average molecular weight is 432 g/mol. The number of rotatable bonds is 5. The van der Waals surface area contributed by atoms with E-state index >= 15 is 0 Å². The first-order chi connectivity index (χ1) is 13.6. The van der Waals surface area contributed by atoms with Gasteiger partial charge in [0.15, 0.2) is 5.82 Å². The normalized spacial score (nSPS) is 16.5. The number of aliphatic carboxylic acids is 1. The van der Waals surface area contributed by atoms with Crippen molar-refractivity contribution >= 4 is 47.4 Å². The zero-order chi connectivity index (χ0) is 19.5. The minimum absolute atomic E-state index is 0. The molecular formula is C19H18ClN5O3S. The van der Waals surface area contributed by atoms with Crippen LogP contribution in [0, 0.1) is 5.92 Å². The molecule has 0 aliphatic carbocycles. The van der Waals surface area contributed by atoms with E-state index in [4.69, 9.17) is 0 Å². The first kappa shape index (κ1) is 20.7. The molecular weight excluding hydrogens is 414 g/mol. The van der Waals surface area contributed by atoms with Crippen molar-refractivity contribution in [2.45, 2.75) is 6.42 Å². The minimum Gasteiger partial charge on any atom is -0.481 e. The second-order valence-electron chi connectivity index (χ2n) is 6.40. The van der Waals surface area contributed by atoms with Gasteiger partial charge in [0.05, 0.1) is 5.92 Å². The van der Waals surface area contributed by atoms with Crippen molar-refractivity contribution < 1.29 is 14.7 Å². The SMILES string of the molecule is Cl.O=C(O)C1CCN(C(=O)/C(=C/c2cccs2)n2nnnc2-c2ccccc2)C1. The van der Waals surface area contributed by atoms with Gasteiger partial charge in [0, 0.05) is 23.5 Å². The van der Waals surface area contributed by atoms with Crippen LogP contribution in [-0.2, 0) is 9.59 Å². The Morgan fingerprint density at radius 1 is 1.17 bits per heavy atom. The van der Waals surface area contributed by atoms with Crippen LogP contribution in [0.15, 0.2) is 47.8 Å². The zero-order valence-electron chi connectivity index (χ0n) is 15.2. The highest BCUT2D eigenvalue weighted by molar-refractivity contribution is 7.10. The monoisotopic (exact) mass is 431 g/mol. The number of likely N-dealkylation sites (tertiary alicyclic amines) is 1. The Balaban J connectivity index is 0.00000240. The summed E-state index contributed by atoms with van der Waals surface area (Å²) >= 11 is 1.49. The maximum absolute atomic E-state index is 13.3. The van der Waals surface area contributed by atoms with Gasteiger partial charge >= 0.3 is 5.97 Å². The third-order valence-corrected chi connectivity index (χ3v) is 5.41. The summed E-state index contributed by atoms with van der Waals surface area (Å²) in [6, 6.07) is 13.2. The van der Waals surface area contributed by atoms with Crippen LogP contribution in [0.5, 0.6) is 0 Å². The number of carbonyl (C=O) groups is 2. The molecule has 150 valence electrons. The fourth-order valence-electron chi connectivity index (χ4n) is 3.15. The number of benzene rings is 1. The molecule has 3 heterocycles. The highest BCUT2D eigenvalue weighted by Crippen LogP contribution is 2.25. The average Bonchev–Trinajstić information content (AvgIpc) is 3.47. The fourth-order valence-corrected chi connectivity index (χ4v) is 3.80. The summed E-state index contributed by atoms with van der Waals surface area (Å²) < 4.78 is 1.42. The Morgan fingerprint density at radius 3 is 2.62 bits per heavy atom. The molecule has 10 heteroatoms. The number of tetrazole rings is 1. The van der Waals surface area contributed by atoms with Gasteiger partial charge in [-0.15, -0.1) is 28.8 Å². The summed E-state index contributed by atoms with van der Waals surface area (Å²) in [4.78, 5) is 27.0. The van der Waals surface area contributed by atoms with Crippen molar-refractivity contribution in [2.24, 2.45) is 5.92 Å². The second kappa shape index (κ2) is 8.97. The summed E-state index contributed by atoms with van der Waals surface area (Å²) in [5.41, 5.74) is 1.07. The zero-order valence-corrected chi connectivity index (χ0v) is 16.8. The molecule has 2 aromatic heterocycles. The van der Waals surface area contributed by atoms with Crippen molar-refractivity contribution in [2.75, 3.05) is 13.1 Å². The van der Waals surface area contributed by atoms with E-state index in [9.17, 15) is 14.7 Å². The lowest BCUT2D eigenvalue weighted by Crippen LogP contribution is -2.32. The Labute approximate surface area is 176 Å². The van der Waals surface area contributed by atoms with Crippen LogP contribution in [0.25, 0.3) is 23.2 Å². The van der Waals surface area contributed by atoms with E-state index in [0.717, 1.165) is 10.4 Å². The van der Waals surface area contributed by atoms with E-state index < -0.39 is 11.9 Å². The van der Waals surface area contributed by atoms with Gasteiger partial charge in [0.2, 0.25) is 0 Å². The molecule has 0 bridgehead atoms. The third kappa shape index (κ3) is 4.36. The molecule has 1 amide bonds. The summed E-state index contributed by atoms with van der Waals surface area (Å²) in [6.07, 6.45) is 2.18. The molecule has 1 saturated heterocycles. The lowest BCUT2D eigenvalue weighted by molar-refractivity contribution is -0.141. The smallest absolute Gasteiger partial charge is 0.308 e. The highest BCUT2D eigenvalue weighted by Gasteiger charge is 2.33. The van der Waals surface area contributed by atoms with Gasteiger partial charge in [-0.3, -0.25) is 9.59 Å². The van der Waals surface area contributed by atoms with E-state index in [-0.39, 0.29) is 30.6 Å². The molecule has 1 unspecified atom stereocenters. The topological polar surface area (TPSA) is 101 Å². The molecule has 1 aromatic carbocycles. The van der Waals surface area contributed by atoms with E-state index in [2.05, 4.69) is 15.5 Å². The number of thiophene rings is 1. The van der Waals surface area contributed by atoms with Crippen molar-refractivity contribution in [3.05, 3.63) is 52.7 Å². The number of hydrogen-bond donors (Lipinski definition) is 1. The molecule has 1 atom stereocenters. The number of amides is 1. The van der Waals surface area contributed by atoms with Gasteiger partial charge < -0.3 is 10.0 Å². The Morgan fingerprint density at radius 2 is 1.97 bits per heavy atom. The third-order valence-electron chi connectivity index (χ3n) is 4.60. The number of hydrogen-bond acceptors (Lipinski definition) is 6. The van der Waals surface area contributed by atoms with Crippen molar-refractivity contribution in [1.82, 2.24) is 25.1 Å². The lowest BCUT2D eigenvalue weighted by Gasteiger charge is -2.18. The van der Waals surface area contributed by atoms with Crippen LogP contribution in [0.2, 0.25) is 0 Å². The van der Waals surface area contributed by atoms with Gasteiger partial charge in [-0.2, -0.15) is 4.68 Å². The first-order valence-corrected chi connectivity index (χ1v) is 9.63. The van der Waals surface area contributed by atoms with Gasteiger partial charge in [-0.05, 0) is 34.4 Å². The first-order valence-electron chi connectivity index (χ1n) is 8.75. The molecule has 8 nitrogen and oxygen atoms in total. The van der Waals surface area contributed by atoms with Gasteiger partial charge in [-0.1, -0.05) is 36.4 Å². The number of nitrogens with zero attached hydrogens (tertiary/aromatic N) is 5. The highest BCUT2D eigenvalue weighted by atomic mass is 35.5. The van der Waals surface area contributed by atoms with Gasteiger partial charge in [-0.25, -0.2) is 0 Å². The second-order valence-corrected chi connectivity index (χ2v) is 7.38. The molecule has 3 aromatic rings. The predicted molar refractivity (Wildman–Crippen MR) is 111 cm³/mol. The molecule has 4 rings (SSSR count). The molecule has 1 aliphatic heterocycles. The van der Waals surface area contributed by atoms with E-state index in [1.807, 2.05) is 47.8 Å². The Bertz CT molecular complexity index is 1020. The summed E-state index contributed by atoms with van der Waals surface area (Å²) in [6.45, 7) is 0.569. The van der Waals surface area contributed by atoms with Crippen LogP contribution in [0.4, 0.5) is 0 Å². The predicted octanol–water partition coefficient (Wildman–Crippen LogP) is 2.75. The molecule has 1 N–H and O–H groups in total. The molecule has 1 fully saturated rings. The summed E-state index contributed by atoms with van der Waals surface area (Å²) in [7, 11) is 0. The largest absolute Gasteiger partial charge is 0.481 e. The fraction of sp³-hybridized carbons (Fsp3) is 0.211. The van der Waals surface area contributed by atoms with Crippen LogP contribution in [-0.4, -0.2) is 55.2 Å². The standard InChI is InChI=1S/C19H17N5O3S.ClH/c25-18(23-9-8-14(12-23)19(26)27)16(11-15-7-4-10-28-15)24-17(20-21-22-24)13-5-2-1-3-6-13;/h1-7,10-11,14H,8-9,12H2,(H,26,27);1H/b16-11-;. The summed E-state index contributed by atoms with van der Waals surface area (Å²) in [5.74, 6) is -1.27. The molecule has 0 radical (unpaired) electrons. The van der Waals surface area contributed by atoms with E-state index in [1.54, 1.807) is 11.0 Å². The molecule has 1 aliphatic rings. The van der Waals surface area contributed by atoms with Crippen LogP contribution >= 0.6 is 23.7 Å². The van der Waals surface area contributed by atoms with Crippen molar-refractivity contribution in [3.63, 3.8) is 0 Å². The van der Waals surface area contributed by atoms with Crippen molar-refractivity contribution in [1.29, 1.82) is 0 Å². The minimum atomic E-state index is -0.883. The number of carbonyl (C=O) groups excluding carboxylic acids is 1. The van der Waals surface area contributed by atoms with Gasteiger partial charge in [0.25, 0.3) is 5.91 Å². The maximum atomic E-state index is 13.3. The molecule has 0 spiro atoms. The number of aromatic nitrogens is 4. The Kier molecular flexibility index (Phi) is 6.40. The maximum Gasteiger partial charge on any atom is 0.308 e. The number of carboxylic acid groups (broad SMARTS) is 1.